The van der Waals surface area contributed by atoms with Gasteiger partial charge in [0.15, 0.2) is 28.6 Å². The number of phenolic OH excluding ortho intramolecular Hbond substituents is 2. The van der Waals surface area contributed by atoms with Crippen molar-refractivity contribution in [2.45, 2.75) is 37.1 Å². The lowest BCUT2D eigenvalue weighted by Crippen LogP contribution is -2.67. The predicted octanol–water partition coefficient (Wildman–Crippen LogP) is 0.630. The van der Waals surface area contributed by atoms with Crippen molar-refractivity contribution in [3.63, 3.8) is 0 Å². The van der Waals surface area contributed by atoms with Gasteiger partial charge in [-0.2, -0.15) is 5.10 Å². The van der Waals surface area contributed by atoms with Crippen LogP contribution in [0, 0.1) is 0 Å². The number of carbonyl (C=O) groups is 3. The lowest BCUT2D eigenvalue weighted by Gasteiger charge is -2.46. The molecule has 11 nitrogen and oxygen atoms in total. The van der Waals surface area contributed by atoms with Crippen LogP contribution in [0.1, 0.15) is 30.6 Å². The lowest BCUT2D eigenvalue weighted by atomic mass is 9.92. The second-order valence-electron chi connectivity index (χ2n) is 6.52. The van der Waals surface area contributed by atoms with Gasteiger partial charge in [0, 0.05) is 18.7 Å². The highest BCUT2D eigenvalue weighted by Gasteiger charge is 2.53. The molecule has 0 spiro atoms. The Kier molecular flexibility index (Phi) is 6.65. The van der Waals surface area contributed by atoms with Gasteiger partial charge < -0.3 is 24.8 Å². The van der Waals surface area contributed by atoms with Gasteiger partial charge in [0.2, 0.25) is 5.91 Å². The Morgan fingerprint density at radius 2 is 2.07 bits per heavy atom. The zero-order valence-corrected chi connectivity index (χ0v) is 17.6. The summed E-state index contributed by atoms with van der Waals surface area (Å²) < 4.78 is 19.5. The lowest BCUT2D eigenvalue weighted by molar-refractivity contribution is -0.161. The monoisotopic (exact) mass is 491 g/mol. The number of nitrogens with zero attached hydrogens (tertiary/aromatic N) is 2. The molecule has 1 saturated heterocycles. The summed E-state index contributed by atoms with van der Waals surface area (Å²) in [5, 5.41) is 32.2. The number of carboxylic acid groups (broad SMARTS) is 1. The number of amides is 2. The molecule has 1 aromatic rings. The van der Waals surface area contributed by atoms with E-state index >= 15 is 0 Å². The Morgan fingerprint density at radius 1 is 1.45 bits per heavy atom. The summed E-state index contributed by atoms with van der Waals surface area (Å²) in [5.41, 5.74) is 1.95. The number of likely N-dealkylation sites (tertiary alicyclic amines) is 1. The van der Waals surface area contributed by atoms with Crippen molar-refractivity contribution in [2.24, 2.45) is 5.10 Å². The van der Waals surface area contributed by atoms with Gasteiger partial charge in [-0.25, -0.2) is 14.4 Å². The van der Waals surface area contributed by atoms with Gasteiger partial charge in [-0.3, -0.25) is 9.59 Å². The Hall–Kier alpha value is -2.51. The number of aliphatic carboxylic acids is 1. The van der Waals surface area contributed by atoms with E-state index in [2.05, 4.69) is 26.5 Å². The molecule has 1 unspecified atom stereocenters. The van der Waals surface area contributed by atoms with Crippen LogP contribution in [-0.2, 0) is 20.7 Å². The minimum absolute atomic E-state index is 0.106. The van der Waals surface area contributed by atoms with Crippen LogP contribution in [0.25, 0.3) is 0 Å². The van der Waals surface area contributed by atoms with E-state index in [-0.39, 0.29) is 16.5 Å². The van der Waals surface area contributed by atoms with E-state index in [4.69, 9.17) is 0 Å². The summed E-state index contributed by atoms with van der Waals surface area (Å²) in [6, 6.07) is 0.136. The van der Waals surface area contributed by atoms with E-state index in [0.717, 1.165) is 24.1 Å². The maximum absolute atomic E-state index is 12.2. The Bertz CT molecular complexity index is 924. The molecule has 0 saturated carbocycles. The molecule has 1 aliphatic rings. The van der Waals surface area contributed by atoms with Gasteiger partial charge in [-0.15, -0.1) is 0 Å². The fourth-order valence-electron chi connectivity index (χ4n) is 2.85. The smallest absolute Gasteiger partial charge is 0.328 e. The molecule has 2 amide bonds. The van der Waals surface area contributed by atoms with Crippen molar-refractivity contribution in [2.75, 3.05) is 0 Å². The number of halogens is 1. The molecule has 158 valence electrons. The molecule has 1 aliphatic heterocycles. The van der Waals surface area contributed by atoms with Gasteiger partial charge in [0.25, 0.3) is 5.91 Å². The number of nitrogens with one attached hydrogen (secondary N) is 1. The van der Waals surface area contributed by atoms with Crippen molar-refractivity contribution < 1.29 is 38.5 Å². The van der Waals surface area contributed by atoms with E-state index in [0.29, 0.717) is 0 Å². The van der Waals surface area contributed by atoms with Crippen molar-refractivity contribution in [1.29, 1.82) is 0 Å². The van der Waals surface area contributed by atoms with Gasteiger partial charge in [0.1, 0.15) is 4.75 Å². The van der Waals surface area contributed by atoms with Crippen LogP contribution in [-0.4, -0.2) is 69.8 Å². The van der Waals surface area contributed by atoms with Crippen molar-refractivity contribution in [3.8, 4) is 11.5 Å². The Morgan fingerprint density at radius 3 is 2.55 bits per heavy atom. The molecule has 0 aliphatic carbocycles. The van der Waals surface area contributed by atoms with Crippen LogP contribution in [0.3, 0.4) is 0 Å². The van der Waals surface area contributed by atoms with Crippen LogP contribution in [0.2, 0.25) is 0 Å². The third-order valence-electron chi connectivity index (χ3n) is 4.49. The maximum atomic E-state index is 12.2. The fourth-order valence-corrected chi connectivity index (χ4v) is 3.91. The number of hydrogen-bond acceptors (Lipinski definition) is 7. The molecule has 0 aromatic heterocycles. The number of aromatic hydroxyl groups is 2. The van der Waals surface area contributed by atoms with Crippen LogP contribution in [0.4, 0.5) is 0 Å². The number of phenols is 2. The minimum Gasteiger partial charge on any atom is -0.504 e. The summed E-state index contributed by atoms with van der Waals surface area (Å²) in [6.07, 6.45) is 0.899. The zero-order chi connectivity index (χ0) is 22.1. The van der Waals surface area contributed by atoms with E-state index in [1.807, 2.05) is 0 Å². The molecule has 1 fully saturated rings. The quantitative estimate of drug-likeness (QED) is 0.121. The number of carbonyl (C=O) groups excluding carboxylic acids is 2. The highest BCUT2D eigenvalue weighted by atomic mass is 79.9. The summed E-state index contributed by atoms with van der Waals surface area (Å²) in [5.74, 6) is -3.87. The molecule has 0 bridgehead atoms. The second kappa shape index (κ2) is 8.47. The number of hydrogen-bond donors (Lipinski definition) is 5. The van der Waals surface area contributed by atoms with Crippen LogP contribution < -0.4 is 5.43 Å². The molecule has 1 aromatic carbocycles. The largest absolute Gasteiger partial charge is 0.504 e. The van der Waals surface area contributed by atoms with Gasteiger partial charge in [-0.1, -0.05) is 0 Å². The van der Waals surface area contributed by atoms with Crippen molar-refractivity contribution in [1.82, 2.24) is 10.3 Å². The van der Waals surface area contributed by atoms with Crippen LogP contribution in [0.5, 0.6) is 11.5 Å². The molecule has 2 rings (SSSR count). The molecular weight excluding hydrogens is 474 g/mol. The first-order valence-electron chi connectivity index (χ1n) is 8.11. The first-order valence-corrected chi connectivity index (χ1v) is 10.0. The van der Waals surface area contributed by atoms with E-state index in [9.17, 15) is 38.5 Å². The minimum atomic E-state index is -2.77. The fraction of sp³-hybridized carbons (Fsp3) is 0.375. The molecule has 13 heteroatoms. The third-order valence-corrected chi connectivity index (χ3v) is 6.37. The number of hydrazone groups is 1. The van der Waals surface area contributed by atoms with E-state index in [1.165, 1.54) is 6.07 Å². The maximum Gasteiger partial charge on any atom is 0.328 e. The average molecular weight is 492 g/mol. The number of benzene rings is 1. The first-order chi connectivity index (χ1) is 13.4. The molecular formula is C16H18BrN3O8S. The first kappa shape index (κ1) is 22.8. The molecule has 0 radical (unpaired) electrons. The number of carboxylic acids is 1. The summed E-state index contributed by atoms with van der Waals surface area (Å²) in [6.45, 7) is 2.73. The summed E-state index contributed by atoms with van der Waals surface area (Å²) in [7, 11) is 0. The molecule has 1 heterocycles. The number of rotatable bonds is 7. The summed E-state index contributed by atoms with van der Waals surface area (Å²) >= 11 is 0.179. The van der Waals surface area contributed by atoms with Crippen LogP contribution in [0.15, 0.2) is 21.7 Å². The van der Waals surface area contributed by atoms with Crippen molar-refractivity contribution >= 4 is 51.0 Å². The van der Waals surface area contributed by atoms with Gasteiger partial charge >= 0.3 is 5.97 Å². The predicted molar refractivity (Wildman–Crippen MR) is 105 cm³/mol. The van der Waals surface area contributed by atoms with Gasteiger partial charge in [-0.05, 0) is 41.9 Å². The normalized spacial score (nSPS) is 20.6. The standard InChI is InChI=1S/C16H18BrN3O8S/c1-7-5-10(22)20(7)13(15(25)26)16(2,29(27)28)6-18-19-14(24)8-3-4-9(21)12(23)11(8)17/h3-4,6-7,13,21,23H,5H2,1-2H3,(H,19,24)(H,25,26)(H,27,28)/b18-6+/t7-,13+,16+/m1/s1. The third kappa shape index (κ3) is 4.26. The number of β-lactam (4-membered cyclic amide) rings is 1. The highest BCUT2D eigenvalue weighted by molar-refractivity contribution is 9.10. The second-order valence-corrected chi connectivity index (χ2v) is 8.69. The van der Waals surface area contributed by atoms with E-state index < -0.39 is 57.2 Å². The van der Waals surface area contributed by atoms with E-state index in [1.54, 1.807) is 6.92 Å². The summed E-state index contributed by atoms with van der Waals surface area (Å²) in [4.78, 5) is 36.8. The van der Waals surface area contributed by atoms with Crippen LogP contribution >= 0.6 is 15.9 Å². The van der Waals surface area contributed by atoms with Gasteiger partial charge in [0.05, 0.1) is 10.0 Å². The SMILES string of the molecule is C[C@@H]1CC(=O)N1[C@@H](C(=O)O)[C@](C)(/C=N/NC(=O)c1ccc(O)c(O)c1Br)S(=O)O. The Balaban J connectivity index is 2.29. The zero-order valence-electron chi connectivity index (χ0n) is 15.2. The topological polar surface area (TPSA) is 177 Å². The highest BCUT2D eigenvalue weighted by Crippen LogP contribution is 2.35. The molecule has 5 N–H and O–H groups in total. The molecule has 4 atom stereocenters. The average Bonchev–Trinajstić information content (AvgIpc) is 2.63. The molecule has 29 heavy (non-hydrogen) atoms. The Labute approximate surface area is 175 Å². The van der Waals surface area contributed by atoms with Crippen molar-refractivity contribution in [3.05, 3.63) is 22.2 Å².